The van der Waals surface area contributed by atoms with Gasteiger partial charge in [0.05, 0.1) is 0 Å². The molecule has 0 aromatic heterocycles. The molecule has 1 saturated heterocycles. The molecule has 1 aliphatic heterocycles. The van der Waals surface area contributed by atoms with E-state index in [2.05, 4.69) is 36.3 Å². The molecule has 2 N–H and O–H groups in total. The minimum Gasteiger partial charge on any atom is -0.381 e. The Balaban J connectivity index is 1.88. The Hall–Kier alpha value is -2.08. The van der Waals surface area contributed by atoms with Crippen molar-refractivity contribution in [3.05, 3.63) is 24.3 Å². The van der Waals surface area contributed by atoms with Crippen LogP contribution in [0.4, 0.5) is 11.4 Å². The van der Waals surface area contributed by atoms with Crippen LogP contribution in [0.5, 0.6) is 0 Å². The Morgan fingerprint density at radius 1 is 1.15 bits per heavy atom. The van der Waals surface area contributed by atoms with E-state index in [0.29, 0.717) is 32.1 Å². The Morgan fingerprint density at radius 3 is 2.31 bits per heavy atom. The lowest BCUT2D eigenvalue weighted by Gasteiger charge is -2.27. The van der Waals surface area contributed by atoms with Gasteiger partial charge in [0.1, 0.15) is 6.04 Å². The highest BCUT2D eigenvalue weighted by Gasteiger charge is 2.24. The van der Waals surface area contributed by atoms with Crippen molar-refractivity contribution in [2.45, 2.75) is 52.6 Å². The van der Waals surface area contributed by atoms with Crippen molar-refractivity contribution in [2.75, 3.05) is 30.0 Å². The molecule has 0 bridgehead atoms. The van der Waals surface area contributed by atoms with E-state index < -0.39 is 6.04 Å². The molecule has 0 aliphatic carbocycles. The second-order valence-corrected chi connectivity index (χ2v) is 7.03. The van der Waals surface area contributed by atoms with Crippen LogP contribution < -0.4 is 15.5 Å². The molecule has 2 amide bonds. The fourth-order valence-electron chi connectivity index (χ4n) is 3.19. The molecule has 6 nitrogen and oxygen atoms in total. The van der Waals surface area contributed by atoms with Gasteiger partial charge in [-0.2, -0.15) is 0 Å². The van der Waals surface area contributed by atoms with Crippen molar-refractivity contribution in [3.63, 3.8) is 0 Å². The number of hydrogen-bond donors (Lipinski definition) is 2. The largest absolute Gasteiger partial charge is 0.381 e. The molecule has 1 fully saturated rings. The van der Waals surface area contributed by atoms with Crippen LogP contribution in [-0.4, -0.2) is 43.7 Å². The van der Waals surface area contributed by atoms with Crippen molar-refractivity contribution in [2.24, 2.45) is 5.92 Å². The van der Waals surface area contributed by atoms with Gasteiger partial charge in [0, 0.05) is 43.1 Å². The molecule has 1 aromatic rings. The van der Waals surface area contributed by atoms with Crippen LogP contribution in [0.2, 0.25) is 0 Å². The zero-order chi connectivity index (χ0) is 19.1. The lowest BCUT2D eigenvalue weighted by atomic mass is 9.99. The third-order valence-corrected chi connectivity index (χ3v) is 4.77. The van der Waals surface area contributed by atoms with E-state index in [9.17, 15) is 9.59 Å². The zero-order valence-corrected chi connectivity index (χ0v) is 16.2. The Kier molecular flexibility index (Phi) is 7.45. The SMILES string of the molecule is CCN(c1ccc(NC(=O)[C@H](C)NC(=O)C2CCOCC2)cc1)C(C)C. The zero-order valence-electron chi connectivity index (χ0n) is 16.2. The number of nitrogens with zero attached hydrogens (tertiary/aromatic N) is 1. The number of carbonyl (C=O) groups is 2. The summed E-state index contributed by atoms with van der Waals surface area (Å²) in [5.41, 5.74) is 1.85. The third-order valence-electron chi connectivity index (χ3n) is 4.77. The first-order valence-corrected chi connectivity index (χ1v) is 9.48. The molecule has 0 unspecified atom stereocenters. The van der Waals surface area contributed by atoms with Crippen LogP contribution in [0, 0.1) is 5.92 Å². The molecular weight excluding hydrogens is 330 g/mol. The van der Waals surface area contributed by atoms with Crippen LogP contribution in [0.3, 0.4) is 0 Å². The predicted molar refractivity (Wildman–Crippen MR) is 104 cm³/mol. The van der Waals surface area contributed by atoms with E-state index in [-0.39, 0.29) is 17.7 Å². The first-order chi connectivity index (χ1) is 12.4. The molecule has 2 rings (SSSR count). The molecule has 1 heterocycles. The first kappa shape index (κ1) is 20.2. The molecule has 26 heavy (non-hydrogen) atoms. The highest BCUT2D eigenvalue weighted by Crippen LogP contribution is 2.20. The van der Waals surface area contributed by atoms with Gasteiger partial charge in [-0.25, -0.2) is 0 Å². The maximum atomic E-state index is 12.4. The number of benzene rings is 1. The predicted octanol–water partition coefficient (Wildman–Crippen LogP) is 2.79. The molecule has 1 aliphatic rings. The summed E-state index contributed by atoms with van der Waals surface area (Å²) in [4.78, 5) is 26.9. The quantitative estimate of drug-likeness (QED) is 0.783. The Bertz CT molecular complexity index is 595. The normalized spacial score (nSPS) is 16.2. The van der Waals surface area contributed by atoms with E-state index in [1.165, 1.54) is 0 Å². The van der Waals surface area contributed by atoms with E-state index >= 15 is 0 Å². The van der Waals surface area contributed by atoms with Crippen LogP contribution in [0.1, 0.15) is 40.5 Å². The lowest BCUT2D eigenvalue weighted by molar-refractivity contribution is -0.131. The summed E-state index contributed by atoms with van der Waals surface area (Å²) in [5, 5.41) is 5.68. The minimum absolute atomic E-state index is 0.0608. The standard InChI is InChI=1S/C20H31N3O3/c1-5-23(14(2)3)18-8-6-17(7-9-18)22-19(24)15(4)21-20(25)16-10-12-26-13-11-16/h6-9,14-16H,5,10-13H2,1-4H3,(H,21,25)(H,22,24)/t15-/m0/s1. The van der Waals surface area contributed by atoms with E-state index in [4.69, 9.17) is 4.74 Å². The van der Waals surface area contributed by atoms with Crippen molar-refractivity contribution in [1.82, 2.24) is 5.32 Å². The number of anilines is 2. The molecule has 0 saturated carbocycles. The fourth-order valence-corrected chi connectivity index (χ4v) is 3.19. The van der Waals surface area contributed by atoms with Crippen molar-refractivity contribution in [1.29, 1.82) is 0 Å². The van der Waals surface area contributed by atoms with Gasteiger partial charge in [-0.15, -0.1) is 0 Å². The number of rotatable bonds is 7. The van der Waals surface area contributed by atoms with Crippen molar-refractivity contribution in [3.8, 4) is 0 Å². The summed E-state index contributed by atoms with van der Waals surface area (Å²) in [6, 6.07) is 7.64. The summed E-state index contributed by atoms with van der Waals surface area (Å²) < 4.78 is 5.27. The number of hydrogen-bond acceptors (Lipinski definition) is 4. The van der Waals surface area contributed by atoms with Gasteiger partial charge >= 0.3 is 0 Å². The van der Waals surface area contributed by atoms with Crippen molar-refractivity contribution < 1.29 is 14.3 Å². The summed E-state index contributed by atoms with van der Waals surface area (Å²) in [7, 11) is 0. The topological polar surface area (TPSA) is 70.7 Å². The monoisotopic (exact) mass is 361 g/mol. The minimum atomic E-state index is -0.576. The molecular formula is C20H31N3O3. The number of nitrogens with one attached hydrogen (secondary N) is 2. The molecule has 144 valence electrons. The van der Waals surface area contributed by atoms with Crippen LogP contribution >= 0.6 is 0 Å². The fraction of sp³-hybridized carbons (Fsp3) is 0.600. The Morgan fingerprint density at radius 2 is 1.77 bits per heavy atom. The summed E-state index contributed by atoms with van der Waals surface area (Å²) in [6.45, 7) is 10.3. The van der Waals surface area contributed by atoms with Crippen LogP contribution in [-0.2, 0) is 14.3 Å². The number of ether oxygens (including phenoxy) is 1. The highest BCUT2D eigenvalue weighted by atomic mass is 16.5. The summed E-state index contributed by atoms with van der Waals surface area (Å²) in [5.74, 6) is -0.342. The highest BCUT2D eigenvalue weighted by molar-refractivity contribution is 5.97. The maximum Gasteiger partial charge on any atom is 0.246 e. The van der Waals surface area contributed by atoms with E-state index in [0.717, 1.165) is 17.9 Å². The van der Waals surface area contributed by atoms with Crippen LogP contribution in [0.15, 0.2) is 24.3 Å². The van der Waals surface area contributed by atoms with Crippen LogP contribution in [0.25, 0.3) is 0 Å². The smallest absolute Gasteiger partial charge is 0.246 e. The van der Waals surface area contributed by atoms with Gasteiger partial charge in [-0.3, -0.25) is 9.59 Å². The summed E-state index contributed by atoms with van der Waals surface area (Å²) >= 11 is 0. The number of carbonyl (C=O) groups excluding carboxylic acids is 2. The number of amides is 2. The first-order valence-electron chi connectivity index (χ1n) is 9.48. The Labute approximate surface area is 156 Å². The van der Waals surface area contributed by atoms with Gasteiger partial charge in [-0.1, -0.05) is 0 Å². The van der Waals surface area contributed by atoms with Gasteiger partial charge < -0.3 is 20.3 Å². The molecule has 1 aromatic carbocycles. The molecule has 1 atom stereocenters. The molecule has 0 spiro atoms. The molecule has 0 radical (unpaired) electrons. The molecule has 6 heteroatoms. The maximum absolute atomic E-state index is 12.4. The second-order valence-electron chi connectivity index (χ2n) is 7.03. The lowest BCUT2D eigenvalue weighted by Crippen LogP contribution is -2.45. The average Bonchev–Trinajstić information content (AvgIpc) is 2.64. The van der Waals surface area contributed by atoms with Gasteiger partial charge in [0.2, 0.25) is 11.8 Å². The van der Waals surface area contributed by atoms with Gasteiger partial charge in [-0.05, 0) is 64.8 Å². The van der Waals surface area contributed by atoms with Gasteiger partial charge in [0.25, 0.3) is 0 Å². The third kappa shape index (κ3) is 5.46. The van der Waals surface area contributed by atoms with Gasteiger partial charge in [0.15, 0.2) is 0 Å². The summed E-state index contributed by atoms with van der Waals surface area (Å²) in [6.07, 6.45) is 1.43. The average molecular weight is 361 g/mol. The van der Waals surface area contributed by atoms with Crippen molar-refractivity contribution >= 4 is 23.2 Å². The second kappa shape index (κ2) is 9.57. The van der Waals surface area contributed by atoms with E-state index in [1.54, 1.807) is 6.92 Å². The van der Waals surface area contributed by atoms with E-state index in [1.807, 2.05) is 24.3 Å².